The summed E-state index contributed by atoms with van der Waals surface area (Å²) in [6, 6.07) is 6.02. The quantitative estimate of drug-likeness (QED) is 0.602. The summed E-state index contributed by atoms with van der Waals surface area (Å²) in [5.74, 6) is 1.34. The Labute approximate surface area is 197 Å². The Kier molecular flexibility index (Phi) is 5.19. The molecule has 3 aliphatic rings. The molecule has 1 atom stereocenters. The molecule has 1 amide bonds. The molecule has 2 fully saturated rings. The minimum atomic E-state index is -0.140. The van der Waals surface area contributed by atoms with Gasteiger partial charge in [0.05, 0.1) is 26.3 Å². The molecular formula is C25H30N4O3S. The largest absolute Gasteiger partial charge is 0.497 e. The van der Waals surface area contributed by atoms with Crippen molar-refractivity contribution in [2.75, 3.05) is 33.4 Å². The number of hydrogen-bond acceptors (Lipinski definition) is 6. The summed E-state index contributed by atoms with van der Waals surface area (Å²) >= 11 is 1.64. The lowest BCUT2D eigenvalue weighted by atomic mass is 9.68. The number of likely N-dealkylation sites (tertiary alicyclic amines) is 1. The predicted octanol–water partition coefficient (Wildman–Crippen LogP) is 3.45. The number of fused-ring (bicyclic) bond motifs is 4. The van der Waals surface area contributed by atoms with Gasteiger partial charge >= 0.3 is 0 Å². The van der Waals surface area contributed by atoms with Crippen LogP contribution in [0.2, 0.25) is 0 Å². The first-order valence-corrected chi connectivity index (χ1v) is 12.7. The summed E-state index contributed by atoms with van der Waals surface area (Å²) < 4.78 is 5.46. The van der Waals surface area contributed by atoms with Crippen molar-refractivity contribution in [3.63, 3.8) is 0 Å². The van der Waals surface area contributed by atoms with Gasteiger partial charge in [-0.15, -0.1) is 11.3 Å². The van der Waals surface area contributed by atoms with Crippen LogP contribution in [-0.4, -0.2) is 64.1 Å². The molecule has 4 heterocycles. The highest BCUT2D eigenvalue weighted by Crippen LogP contribution is 2.49. The number of aliphatic hydroxyl groups excluding tert-OH is 1. The van der Waals surface area contributed by atoms with Gasteiger partial charge in [0.15, 0.2) is 0 Å². The molecule has 1 aromatic carbocycles. The van der Waals surface area contributed by atoms with Crippen LogP contribution in [0, 0.1) is 5.92 Å². The summed E-state index contributed by atoms with van der Waals surface area (Å²) in [5, 5.41) is 14.7. The number of amides is 1. The molecule has 174 valence electrons. The lowest BCUT2D eigenvalue weighted by molar-refractivity contribution is -0.145. The molecule has 6 rings (SSSR count). The van der Waals surface area contributed by atoms with Crippen molar-refractivity contribution in [3.8, 4) is 5.75 Å². The lowest BCUT2D eigenvalue weighted by Gasteiger charge is -2.56. The minimum Gasteiger partial charge on any atom is -0.497 e. The minimum absolute atomic E-state index is 0.0309. The molecule has 0 unspecified atom stereocenters. The van der Waals surface area contributed by atoms with Gasteiger partial charge in [0, 0.05) is 65.2 Å². The Morgan fingerprint density at radius 2 is 2.12 bits per heavy atom. The van der Waals surface area contributed by atoms with E-state index in [0.29, 0.717) is 12.5 Å². The normalized spacial score (nSPS) is 22.6. The first-order chi connectivity index (χ1) is 16.1. The van der Waals surface area contributed by atoms with Crippen molar-refractivity contribution in [1.29, 1.82) is 0 Å². The number of aliphatic hydroxyl groups is 1. The first kappa shape index (κ1) is 21.1. The number of rotatable bonds is 5. The Balaban J connectivity index is 1.40. The molecule has 3 aromatic rings. The number of ether oxygens (including phenoxy) is 1. The molecule has 1 aliphatic carbocycles. The van der Waals surface area contributed by atoms with Gasteiger partial charge in [-0.3, -0.25) is 9.69 Å². The molecule has 1 saturated carbocycles. The maximum Gasteiger partial charge on any atom is 0.225 e. The topological polar surface area (TPSA) is 81.7 Å². The number of hydrogen-bond donors (Lipinski definition) is 2. The van der Waals surface area contributed by atoms with Crippen molar-refractivity contribution in [3.05, 3.63) is 46.0 Å². The number of methoxy groups -OCH3 is 1. The smallest absolute Gasteiger partial charge is 0.225 e. The van der Waals surface area contributed by atoms with E-state index >= 15 is 0 Å². The van der Waals surface area contributed by atoms with Crippen LogP contribution in [0.25, 0.3) is 10.9 Å². The summed E-state index contributed by atoms with van der Waals surface area (Å²) in [4.78, 5) is 25.7. The summed E-state index contributed by atoms with van der Waals surface area (Å²) in [7, 11) is 1.68. The van der Waals surface area contributed by atoms with Crippen molar-refractivity contribution < 1.29 is 14.6 Å². The summed E-state index contributed by atoms with van der Waals surface area (Å²) in [6.07, 6.45) is 6.24. The van der Waals surface area contributed by atoms with E-state index in [9.17, 15) is 9.90 Å². The highest BCUT2D eigenvalue weighted by atomic mass is 32.1. The van der Waals surface area contributed by atoms with E-state index in [4.69, 9.17) is 4.74 Å². The second-order valence-electron chi connectivity index (χ2n) is 9.81. The summed E-state index contributed by atoms with van der Waals surface area (Å²) in [6.45, 7) is 3.00. The second kappa shape index (κ2) is 8.11. The van der Waals surface area contributed by atoms with Gasteiger partial charge in [-0.25, -0.2) is 4.98 Å². The summed E-state index contributed by atoms with van der Waals surface area (Å²) in [5.41, 5.74) is 3.22. The molecule has 1 spiro atoms. The van der Waals surface area contributed by atoms with Gasteiger partial charge in [-0.1, -0.05) is 12.8 Å². The molecule has 2 aromatic heterocycles. The fourth-order valence-corrected chi connectivity index (χ4v) is 6.95. The third-order valence-corrected chi connectivity index (χ3v) is 8.61. The van der Waals surface area contributed by atoms with E-state index in [1.807, 2.05) is 23.7 Å². The number of aromatic amines is 1. The van der Waals surface area contributed by atoms with Gasteiger partial charge in [-0.05, 0) is 30.5 Å². The van der Waals surface area contributed by atoms with Crippen LogP contribution in [0.4, 0.5) is 0 Å². The number of H-pyrrole nitrogens is 1. The third kappa shape index (κ3) is 3.38. The fourth-order valence-electron chi connectivity index (χ4n) is 6.31. The Hall–Kier alpha value is -2.42. The van der Waals surface area contributed by atoms with E-state index in [0.717, 1.165) is 54.4 Å². The van der Waals surface area contributed by atoms with Crippen molar-refractivity contribution in [2.24, 2.45) is 5.92 Å². The number of nitrogens with one attached hydrogen (secondary N) is 1. The molecule has 8 heteroatoms. The highest BCUT2D eigenvalue weighted by Gasteiger charge is 2.54. The van der Waals surface area contributed by atoms with Gasteiger partial charge in [0.25, 0.3) is 0 Å². The number of nitrogens with zero attached hydrogens (tertiary/aromatic N) is 3. The van der Waals surface area contributed by atoms with Gasteiger partial charge < -0.3 is 19.7 Å². The lowest BCUT2D eigenvalue weighted by Crippen LogP contribution is -2.68. The molecule has 2 N–H and O–H groups in total. The van der Waals surface area contributed by atoms with Gasteiger partial charge in [-0.2, -0.15) is 0 Å². The van der Waals surface area contributed by atoms with Crippen LogP contribution in [0.15, 0.2) is 29.8 Å². The van der Waals surface area contributed by atoms with Crippen LogP contribution in [0.3, 0.4) is 0 Å². The number of carbonyl (C=O) groups is 1. The van der Waals surface area contributed by atoms with Gasteiger partial charge in [0.2, 0.25) is 5.91 Å². The number of carbonyl (C=O) groups excluding carboxylic acids is 1. The Morgan fingerprint density at radius 1 is 1.30 bits per heavy atom. The monoisotopic (exact) mass is 466 g/mol. The van der Waals surface area contributed by atoms with Crippen LogP contribution in [0.1, 0.15) is 48.0 Å². The molecule has 33 heavy (non-hydrogen) atoms. The van der Waals surface area contributed by atoms with E-state index in [1.54, 1.807) is 18.4 Å². The number of thiazole rings is 1. The van der Waals surface area contributed by atoms with E-state index in [-0.39, 0.29) is 24.0 Å². The van der Waals surface area contributed by atoms with Crippen LogP contribution in [-0.2, 0) is 16.8 Å². The van der Waals surface area contributed by atoms with E-state index in [2.05, 4.69) is 25.8 Å². The predicted molar refractivity (Wildman–Crippen MR) is 127 cm³/mol. The van der Waals surface area contributed by atoms with Crippen LogP contribution >= 0.6 is 11.3 Å². The Morgan fingerprint density at radius 3 is 2.82 bits per heavy atom. The molecule has 2 aliphatic heterocycles. The van der Waals surface area contributed by atoms with Gasteiger partial charge in [0.1, 0.15) is 10.8 Å². The van der Waals surface area contributed by atoms with Crippen molar-refractivity contribution >= 4 is 28.1 Å². The molecule has 0 bridgehead atoms. The number of benzene rings is 1. The zero-order chi connectivity index (χ0) is 22.6. The van der Waals surface area contributed by atoms with E-state index in [1.165, 1.54) is 23.8 Å². The fraction of sp³-hybridized carbons (Fsp3) is 0.520. The Bertz CT molecular complexity index is 1160. The van der Waals surface area contributed by atoms with E-state index < -0.39 is 0 Å². The third-order valence-electron chi connectivity index (χ3n) is 7.84. The first-order valence-electron chi connectivity index (χ1n) is 11.8. The van der Waals surface area contributed by atoms with Crippen LogP contribution < -0.4 is 4.74 Å². The molecular weight excluding hydrogens is 436 g/mol. The van der Waals surface area contributed by atoms with Crippen molar-refractivity contribution in [1.82, 2.24) is 19.8 Å². The van der Waals surface area contributed by atoms with Crippen molar-refractivity contribution in [2.45, 2.75) is 43.7 Å². The zero-order valence-corrected chi connectivity index (χ0v) is 19.7. The average molecular weight is 467 g/mol. The molecule has 7 nitrogen and oxygen atoms in total. The standard InChI is InChI=1S/C25H30N4O3S/c1-32-17-6-7-18-19(10-17)27-23-20(12-30)28(11-21-26-8-9-33-21)13-25(22(18)23)14-29(15-25)24(31)16-4-2-3-5-16/h6-10,16,20,27,30H,2-5,11-15H2,1H3/t20-/m1/s1. The maximum atomic E-state index is 13.1. The second-order valence-corrected chi connectivity index (χ2v) is 10.8. The highest BCUT2D eigenvalue weighted by molar-refractivity contribution is 7.09. The van der Waals surface area contributed by atoms with Crippen LogP contribution in [0.5, 0.6) is 5.75 Å². The molecule has 1 saturated heterocycles. The average Bonchev–Trinajstić information content (AvgIpc) is 3.57. The maximum absolute atomic E-state index is 13.1. The number of aromatic nitrogens is 2. The zero-order valence-electron chi connectivity index (χ0n) is 18.9. The molecule has 0 radical (unpaired) electrons. The SMILES string of the molecule is COc1ccc2c3c([nH]c2c1)[C@@H](CO)N(Cc1nccs1)CC31CN(C(=O)C2CCCC2)C1.